The molecule has 0 unspecified atom stereocenters. The molecule has 1 N–H and O–H groups in total. The number of likely N-dealkylation sites (tertiary alicyclic amines) is 1. The van der Waals surface area contributed by atoms with Gasteiger partial charge in [0.05, 0.1) is 19.5 Å². The van der Waals surface area contributed by atoms with Crippen LogP contribution in [0.4, 0.5) is 0 Å². The molecule has 5 heteroatoms. The van der Waals surface area contributed by atoms with Crippen LogP contribution in [0.5, 0.6) is 11.5 Å². The maximum absolute atomic E-state index is 12.7. The van der Waals surface area contributed by atoms with E-state index in [0.717, 1.165) is 17.7 Å². The minimum absolute atomic E-state index is 0.0561. The Labute approximate surface area is 136 Å². The maximum atomic E-state index is 12.7. The Morgan fingerprint density at radius 1 is 1.52 bits per heavy atom. The summed E-state index contributed by atoms with van der Waals surface area (Å²) in [5.74, 6) is 1.13. The molecule has 23 heavy (non-hydrogen) atoms. The van der Waals surface area contributed by atoms with Crippen molar-refractivity contribution in [2.24, 2.45) is 0 Å². The van der Waals surface area contributed by atoms with E-state index in [-0.39, 0.29) is 11.8 Å². The topological polar surface area (TPSA) is 59.0 Å². The fourth-order valence-corrected chi connectivity index (χ4v) is 5.58. The molecule has 2 heterocycles. The van der Waals surface area contributed by atoms with Crippen LogP contribution in [0.1, 0.15) is 31.8 Å². The summed E-state index contributed by atoms with van der Waals surface area (Å²) in [5.41, 5.74) is 0.0588. The van der Waals surface area contributed by atoms with Gasteiger partial charge in [0.15, 0.2) is 23.4 Å². The van der Waals surface area contributed by atoms with E-state index in [0.29, 0.717) is 43.2 Å². The summed E-state index contributed by atoms with van der Waals surface area (Å²) in [6, 6.07) is 2.00. The Hall–Kier alpha value is -1.59. The van der Waals surface area contributed by atoms with Crippen LogP contribution in [0, 0.1) is 0 Å². The van der Waals surface area contributed by atoms with Crippen LogP contribution in [0.15, 0.2) is 12.1 Å². The zero-order chi connectivity index (χ0) is 16.9. The molecule has 2 aliphatic heterocycles. The van der Waals surface area contributed by atoms with Crippen LogP contribution in [-0.2, 0) is 16.6 Å². The summed E-state index contributed by atoms with van der Waals surface area (Å²) in [6.07, 6.45) is 1.43. The zero-order valence-corrected chi connectivity index (χ0v) is 13.4. The Balaban J connectivity index is 1.88. The first kappa shape index (κ1) is 12.8. The third kappa shape index (κ3) is 1.32. The van der Waals surface area contributed by atoms with Crippen LogP contribution in [-0.4, -0.2) is 54.2 Å². The molecule has 4 aliphatic rings. The monoisotopic (exact) mass is 317 g/mol. The molecule has 5 rings (SSSR count). The average Bonchev–Trinajstić information content (AvgIpc) is 2.90. The van der Waals surface area contributed by atoms with Gasteiger partial charge in [0.2, 0.25) is 0 Å². The van der Waals surface area contributed by atoms with Gasteiger partial charge in [0.25, 0.3) is 0 Å². The molecule has 0 radical (unpaired) electrons. The third-order valence-corrected chi connectivity index (χ3v) is 6.64. The number of carbonyl (C=O) groups is 1. The van der Waals surface area contributed by atoms with E-state index in [1.54, 1.807) is 13.2 Å². The minimum atomic E-state index is -0.990. The number of carbonyl (C=O) groups excluding carboxylic acids is 1. The Morgan fingerprint density at radius 3 is 3.13 bits per heavy atom. The van der Waals surface area contributed by atoms with Gasteiger partial charge in [-0.3, -0.25) is 4.79 Å². The van der Waals surface area contributed by atoms with Gasteiger partial charge < -0.3 is 19.5 Å². The van der Waals surface area contributed by atoms with E-state index in [1.165, 1.54) is 0 Å². The average molecular weight is 317 g/mol. The summed E-state index contributed by atoms with van der Waals surface area (Å²) in [6.45, 7) is 0.809. The van der Waals surface area contributed by atoms with Crippen molar-refractivity contribution in [3.8, 4) is 11.5 Å². The van der Waals surface area contributed by atoms with Crippen LogP contribution >= 0.6 is 0 Å². The summed E-state index contributed by atoms with van der Waals surface area (Å²) < 4.78 is 20.0. The highest BCUT2D eigenvalue weighted by molar-refractivity contribution is 5.90. The van der Waals surface area contributed by atoms with Crippen molar-refractivity contribution in [3.63, 3.8) is 0 Å². The number of rotatable bonds is 1. The molecule has 2 fully saturated rings. The lowest BCUT2D eigenvalue weighted by Gasteiger charge is -2.62. The summed E-state index contributed by atoms with van der Waals surface area (Å²) in [5, 5.41) is 11.8. The fraction of sp³-hybridized carbons (Fsp3) is 0.611. The van der Waals surface area contributed by atoms with Gasteiger partial charge in [0, 0.05) is 18.0 Å². The molecule has 4 atom stereocenters. The number of hydrogen-bond donors (Lipinski definition) is 1. The highest BCUT2D eigenvalue weighted by Gasteiger charge is 2.72. The molecular formula is C18H21NO4. The van der Waals surface area contributed by atoms with Crippen LogP contribution < -0.4 is 9.47 Å². The van der Waals surface area contributed by atoms with Gasteiger partial charge in [-0.1, -0.05) is 6.04 Å². The van der Waals surface area contributed by atoms with E-state index in [1.807, 2.05) is 7.05 Å². The van der Waals surface area contributed by atoms with Gasteiger partial charge in [0.1, 0.15) is 0 Å². The molecule has 1 aromatic rings. The zero-order valence-electron chi connectivity index (χ0n) is 14.4. The first-order valence-corrected chi connectivity index (χ1v) is 8.27. The first-order valence-electron chi connectivity index (χ1n) is 8.77. The van der Waals surface area contributed by atoms with Crippen molar-refractivity contribution in [2.45, 2.75) is 48.8 Å². The van der Waals surface area contributed by atoms with E-state index in [9.17, 15) is 9.90 Å². The highest BCUT2D eigenvalue weighted by Crippen LogP contribution is 2.64. The van der Waals surface area contributed by atoms with Crippen LogP contribution in [0.25, 0.3) is 0 Å². The number of nitrogens with zero attached hydrogens (tertiary/aromatic N) is 1. The molecule has 122 valence electrons. The second kappa shape index (κ2) is 4.08. The number of hydrogen-bond acceptors (Lipinski definition) is 5. The van der Waals surface area contributed by atoms with Crippen molar-refractivity contribution in [1.82, 2.24) is 4.90 Å². The summed E-state index contributed by atoms with van der Waals surface area (Å²) in [4.78, 5) is 14.9. The molecule has 2 bridgehead atoms. The van der Waals surface area contributed by atoms with Crippen LogP contribution in [0.3, 0.4) is 0 Å². The first-order chi connectivity index (χ1) is 11.4. The van der Waals surface area contributed by atoms with E-state index >= 15 is 0 Å². The summed E-state index contributed by atoms with van der Waals surface area (Å²) in [7, 11) is 3.57. The molecule has 0 amide bonds. The molecular weight excluding hydrogens is 294 g/mol. The van der Waals surface area contributed by atoms with Crippen molar-refractivity contribution in [1.29, 1.82) is 0 Å². The standard InChI is InChI=1S/C18H21NO4/c1-19-8-7-17-14-10-3-4-12(22-2)15(14)23-16(17)11(20)5-6-18(17,21)13(19)9-10/h3-4,13,16,21H,5-9H2,1-2H3/t13-,16+,17+,18-/m1/s1/i3T. The third-order valence-electron chi connectivity index (χ3n) is 6.64. The Bertz CT molecular complexity index is 781. The van der Waals surface area contributed by atoms with Crippen molar-refractivity contribution >= 4 is 5.78 Å². The number of aliphatic hydroxyl groups is 1. The normalized spacial score (nSPS) is 41.2. The Morgan fingerprint density at radius 2 is 2.35 bits per heavy atom. The van der Waals surface area contributed by atoms with Crippen LogP contribution in [0.2, 0.25) is 0 Å². The van der Waals surface area contributed by atoms with E-state index < -0.39 is 17.1 Å². The number of ether oxygens (including phenoxy) is 2. The number of Topliss-reactive ketones (excluding diaryl/α,β-unsaturated/α-hetero) is 1. The molecule has 2 aliphatic carbocycles. The number of ketones is 1. The maximum Gasteiger partial charge on any atom is 0.174 e. The Kier molecular flexibility index (Phi) is 2.27. The molecule has 0 aromatic heterocycles. The van der Waals surface area contributed by atoms with Gasteiger partial charge in [-0.25, -0.2) is 0 Å². The predicted octanol–water partition coefficient (Wildman–Crippen LogP) is 1.05. The quantitative estimate of drug-likeness (QED) is 0.839. The van der Waals surface area contributed by atoms with Crippen molar-refractivity contribution in [3.05, 3.63) is 23.2 Å². The molecule has 1 spiro atoms. The fourth-order valence-electron chi connectivity index (χ4n) is 5.58. The van der Waals surface area contributed by atoms with Crippen molar-refractivity contribution in [2.75, 3.05) is 20.7 Å². The lowest BCUT2D eigenvalue weighted by molar-refractivity contribution is -0.185. The lowest BCUT2D eigenvalue weighted by Crippen LogP contribution is -2.76. The molecule has 1 saturated heterocycles. The number of likely N-dealkylation sites (N-methyl/N-ethyl adjacent to an activating group) is 1. The number of piperidine rings is 1. The molecule has 1 aromatic carbocycles. The second-order valence-corrected chi connectivity index (χ2v) is 7.35. The summed E-state index contributed by atoms with van der Waals surface area (Å²) >= 11 is 0. The second-order valence-electron chi connectivity index (χ2n) is 7.35. The smallest absolute Gasteiger partial charge is 0.174 e. The van der Waals surface area contributed by atoms with E-state index in [2.05, 4.69) is 4.90 Å². The van der Waals surface area contributed by atoms with Gasteiger partial charge in [-0.2, -0.15) is 0 Å². The van der Waals surface area contributed by atoms with Gasteiger partial charge >= 0.3 is 0 Å². The molecule has 1 saturated carbocycles. The van der Waals surface area contributed by atoms with Gasteiger partial charge in [-0.15, -0.1) is 0 Å². The minimum Gasteiger partial charge on any atom is -0.493 e. The molecule has 5 nitrogen and oxygen atoms in total. The predicted molar refractivity (Wildman–Crippen MR) is 83.0 cm³/mol. The largest absolute Gasteiger partial charge is 0.493 e. The van der Waals surface area contributed by atoms with Gasteiger partial charge in [-0.05, 0) is 44.5 Å². The van der Waals surface area contributed by atoms with Crippen molar-refractivity contribution < 1.29 is 20.7 Å². The number of benzene rings is 1. The SMILES string of the molecule is [3H]c1cc(OC)c2c3c1C[C@H]1N(C)CC[C@@]34[C@@H](O2)C(=O)CC[C@@]14O. The lowest BCUT2D eigenvalue weighted by atomic mass is 9.49. The number of methoxy groups -OCH3 is 1. The van der Waals surface area contributed by atoms with E-state index in [4.69, 9.17) is 10.8 Å². The highest BCUT2D eigenvalue weighted by atomic mass is 16.5.